The predicted octanol–water partition coefficient (Wildman–Crippen LogP) is 1.92. The van der Waals surface area contributed by atoms with Gasteiger partial charge in [-0.2, -0.15) is 0 Å². The minimum Gasteiger partial charge on any atom is -0.419 e. The Morgan fingerprint density at radius 1 is 1.19 bits per heavy atom. The molecule has 2 aromatic heterocycles. The highest BCUT2D eigenvalue weighted by Crippen LogP contribution is 2.26. The van der Waals surface area contributed by atoms with E-state index in [0.29, 0.717) is 24.9 Å². The fourth-order valence-corrected chi connectivity index (χ4v) is 2.27. The van der Waals surface area contributed by atoms with E-state index >= 15 is 0 Å². The predicted molar refractivity (Wildman–Crippen MR) is 79.0 cm³/mol. The van der Waals surface area contributed by atoms with Crippen LogP contribution in [0.2, 0.25) is 0 Å². The highest BCUT2D eigenvalue weighted by atomic mass is 79.9. The molecule has 0 saturated heterocycles. The normalized spacial score (nSPS) is 11.0. The highest BCUT2D eigenvalue weighted by Gasteiger charge is 2.11. The van der Waals surface area contributed by atoms with E-state index in [9.17, 15) is 0 Å². The van der Waals surface area contributed by atoms with E-state index in [1.807, 2.05) is 35.9 Å². The van der Waals surface area contributed by atoms with Gasteiger partial charge in [-0.25, -0.2) is 0 Å². The van der Waals surface area contributed by atoms with Crippen LogP contribution in [0.4, 0.5) is 0 Å². The Morgan fingerprint density at radius 2 is 2.05 bits per heavy atom. The molecular formula is C13H13BrN6O. The molecule has 0 amide bonds. The van der Waals surface area contributed by atoms with Crippen LogP contribution in [0.5, 0.6) is 0 Å². The van der Waals surface area contributed by atoms with Gasteiger partial charge in [0, 0.05) is 11.5 Å². The summed E-state index contributed by atoms with van der Waals surface area (Å²) in [5.74, 6) is 1.88. The molecule has 0 fully saturated rings. The molecule has 8 heteroatoms. The van der Waals surface area contributed by atoms with Gasteiger partial charge >= 0.3 is 0 Å². The summed E-state index contributed by atoms with van der Waals surface area (Å²) < 4.78 is 8.42. The van der Waals surface area contributed by atoms with Crippen molar-refractivity contribution < 1.29 is 4.42 Å². The summed E-state index contributed by atoms with van der Waals surface area (Å²) in [7, 11) is 1.90. The van der Waals surface area contributed by atoms with Crippen LogP contribution in [0.1, 0.15) is 11.7 Å². The van der Waals surface area contributed by atoms with Gasteiger partial charge < -0.3 is 14.3 Å². The van der Waals surface area contributed by atoms with E-state index in [2.05, 4.69) is 41.6 Å². The summed E-state index contributed by atoms with van der Waals surface area (Å²) in [6, 6.07) is 7.73. The third kappa shape index (κ3) is 3.17. The van der Waals surface area contributed by atoms with Crippen LogP contribution >= 0.6 is 15.9 Å². The van der Waals surface area contributed by atoms with Crippen molar-refractivity contribution in [1.82, 2.24) is 30.3 Å². The molecule has 1 aromatic carbocycles. The van der Waals surface area contributed by atoms with Crippen molar-refractivity contribution >= 4 is 15.9 Å². The molecular weight excluding hydrogens is 336 g/mol. The number of hydrogen-bond donors (Lipinski definition) is 1. The second kappa shape index (κ2) is 6.15. The number of nitrogens with zero attached hydrogens (tertiary/aromatic N) is 5. The van der Waals surface area contributed by atoms with E-state index in [1.165, 1.54) is 0 Å². The molecule has 0 aliphatic rings. The zero-order valence-corrected chi connectivity index (χ0v) is 12.9. The lowest BCUT2D eigenvalue weighted by Gasteiger charge is -2.01. The van der Waals surface area contributed by atoms with Gasteiger partial charge in [0.1, 0.15) is 12.2 Å². The van der Waals surface area contributed by atoms with Crippen molar-refractivity contribution in [2.24, 2.45) is 7.05 Å². The van der Waals surface area contributed by atoms with Crippen molar-refractivity contribution in [3.05, 3.63) is 46.8 Å². The average molecular weight is 349 g/mol. The third-order valence-electron chi connectivity index (χ3n) is 2.94. The number of aryl methyl sites for hydroxylation is 1. The standard InChI is InChI=1S/C13H13BrN6O/c1-20-8-16-17-11(20)6-15-7-12-18-19-13(21-12)9-4-2-3-5-10(9)14/h2-5,8,15H,6-7H2,1H3. The topological polar surface area (TPSA) is 81.7 Å². The zero-order valence-electron chi connectivity index (χ0n) is 11.3. The zero-order chi connectivity index (χ0) is 14.7. The summed E-state index contributed by atoms with van der Waals surface area (Å²) in [6.45, 7) is 1.06. The molecule has 0 unspecified atom stereocenters. The summed E-state index contributed by atoms with van der Waals surface area (Å²) >= 11 is 3.47. The van der Waals surface area contributed by atoms with Gasteiger partial charge in [-0.05, 0) is 28.1 Å². The molecule has 0 saturated carbocycles. The molecule has 21 heavy (non-hydrogen) atoms. The molecule has 0 bridgehead atoms. The second-order valence-corrected chi connectivity index (χ2v) is 5.30. The van der Waals surface area contributed by atoms with Gasteiger partial charge in [-0.3, -0.25) is 0 Å². The lowest BCUT2D eigenvalue weighted by Crippen LogP contribution is -2.15. The van der Waals surface area contributed by atoms with Crippen molar-refractivity contribution in [2.75, 3.05) is 0 Å². The molecule has 3 aromatic rings. The summed E-state index contributed by atoms with van der Waals surface area (Å²) in [5, 5.41) is 19.1. The maximum atomic E-state index is 5.64. The molecule has 0 spiro atoms. The van der Waals surface area contributed by atoms with Crippen molar-refractivity contribution in [3.8, 4) is 11.5 Å². The molecule has 0 aliphatic carbocycles. The maximum absolute atomic E-state index is 5.64. The minimum absolute atomic E-state index is 0.477. The van der Waals surface area contributed by atoms with Crippen LogP contribution in [0, 0.1) is 0 Å². The lowest BCUT2D eigenvalue weighted by atomic mass is 10.2. The molecule has 0 atom stereocenters. The van der Waals surface area contributed by atoms with Crippen molar-refractivity contribution in [3.63, 3.8) is 0 Å². The lowest BCUT2D eigenvalue weighted by molar-refractivity contribution is 0.472. The fraction of sp³-hybridized carbons (Fsp3) is 0.231. The first-order valence-corrected chi connectivity index (χ1v) is 7.14. The van der Waals surface area contributed by atoms with Crippen LogP contribution < -0.4 is 5.32 Å². The fourth-order valence-electron chi connectivity index (χ4n) is 1.82. The van der Waals surface area contributed by atoms with Gasteiger partial charge in [0.2, 0.25) is 11.8 Å². The molecule has 108 valence electrons. The number of rotatable bonds is 5. The van der Waals surface area contributed by atoms with Crippen LogP contribution in [0.25, 0.3) is 11.5 Å². The quantitative estimate of drug-likeness (QED) is 0.758. The number of hydrogen-bond acceptors (Lipinski definition) is 6. The first-order chi connectivity index (χ1) is 10.2. The van der Waals surface area contributed by atoms with Gasteiger partial charge in [-0.15, -0.1) is 20.4 Å². The monoisotopic (exact) mass is 348 g/mol. The molecule has 0 radical (unpaired) electrons. The number of halogens is 1. The minimum atomic E-state index is 0.477. The Labute approximate surface area is 129 Å². The van der Waals surface area contributed by atoms with Crippen LogP contribution in [0.15, 0.2) is 39.5 Å². The number of nitrogens with one attached hydrogen (secondary N) is 1. The van der Waals surface area contributed by atoms with E-state index in [-0.39, 0.29) is 0 Å². The molecule has 1 N–H and O–H groups in total. The summed E-state index contributed by atoms with van der Waals surface area (Å²) in [6.07, 6.45) is 1.66. The van der Waals surface area contributed by atoms with E-state index < -0.39 is 0 Å². The van der Waals surface area contributed by atoms with E-state index in [1.54, 1.807) is 6.33 Å². The Kier molecular flexibility index (Phi) is 4.07. The van der Waals surface area contributed by atoms with E-state index in [0.717, 1.165) is 15.9 Å². The van der Waals surface area contributed by atoms with Crippen LogP contribution in [-0.2, 0) is 20.1 Å². The number of benzene rings is 1. The van der Waals surface area contributed by atoms with Gasteiger partial charge in [0.15, 0.2) is 0 Å². The summed E-state index contributed by atoms with van der Waals surface area (Å²) in [5.41, 5.74) is 0.879. The van der Waals surface area contributed by atoms with Crippen LogP contribution in [-0.4, -0.2) is 25.0 Å². The first-order valence-electron chi connectivity index (χ1n) is 6.35. The van der Waals surface area contributed by atoms with Crippen molar-refractivity contribution in [1.29, 1.82) is 0 Å². The SMILES string of the molecule is Cn1cnnc1CNCc1nnc(-c2ccccc2Br)o1. The molecule has 2 heterocycles. The number of aromatic nitrogens is 5. The van der Waals surface area contributed by atoms with Gasteiger partial charge in [-0.1, -0.05) is 12.1 Å². The highest BCUT2D eigenvalue weighted by molar-refractivity contribution is 9.10. The average Bonchev–Trinajstić information content (AvgIpc) is 3.10. The van der Waals surface area contributed by atoms with Crippen LogP contribution in [0.3, 0.4) is 0 Å². The Hall–Kier alpha value is -2.06. The molecule has 0 aliphatic heterocycles. The van der Waals surface area contributed by atoms with Gasteiger partial charge in [0.05, 0.1) is 18.7 Å². The Balaban J connectivity index is 1.63. The van der Waals surface area contributed by atoms with Gasteiger partial charge in [0.25, 0.3) is 0 Å². The smallest absolute Gasteiger partial charge is 0.248 e. The maximum Gasteiger partial charge on any atom is 0.248 e. The van der Waals surface area contributed by atoms with E-state index in [4.69, 9.17) is 4.42 Å². The second-order valence-electron chi connectivity index (χ2n) is 4.44. The largest absolute Gasteiger partial charge is 0.419 e. The third-order valence-corrected chi connectivity index (χ3v) is 3.63. The van der Waals surface area contributed by atoms with Crippen molar-refractivity contribution in [2.45, 2.75) is 13.1 Å². The Morgan fingerprint density at radius 3 is 2.81 bits per heavy atom. The first kappa shape index (κ1) is 13.9. The Bertz CT molecular complexity index is 738. The molecule has 3 rings (SSSR count). The summed E-state index contributed by atoms with van der Waals surface area (Å²) in [4.78, 5) is 0. The molecule has 7 nitrogen and oxygen atoms in total.